The largest absolute Gasteiger partial charge is 3.00 e. The summed E-state index contributed by atoms with van der Waals surface area (Å²) in [5, 5.41) is 0. The van der Waals surface area contributed by atoms with Crippen LogP contribution in [0.4, 0.5) is 0 Å². The van der Waals surface area contributed by atoms with Crippen molar-refractivity contribution in [2.45, 2.75) is 0 Å². The molecule has 0 saturated heterocycles. The monoisotopic (exact) mass is 286 g/mol. The van der Waals surface area contributed by atoms with Crippen LogP contribution in [-0.4, -0.2) is 0 Å². The van der Waals surface area contributed by atoms with Gasteiger partial charge in [-0.05, 0) is 0 Å². The average molecular weight is 286 g/mol. The molecule has 0 aliphatic rings. The fourth-order valence-electron chi connectivity index (χ4n) is 1.03. The Morgan fingerprint density at radius 2 is 0.526 bits per heavy atom. The van der Waals surface area contributed by atoms with Crippen molar-refractivity contribution in [1.82, 2.24) is 0 Å². The van der Waals surface area contributed by atoms with E-state index >= 15 is 0 Å². The molecule has 3 aromatic carbocycles. The van der Waals surface area contributed by atoms with Crippen molar-refractivity contribution < 1.29 is 17.1 Å². The first-order valence-corrected chi connectivity index (χ1v) is 5.73. The van der Waals surface area contributed by atoms with E-state index in [9.17, 15) is 0 Å². The number of hydrogen-bond acceptors (Lipinski definition) is 0. The van der Waals surface area contributed by atoms with E-state index in [0.29, 0.717) is 0 Å². The van der Waals surface area contributed by atoms with Gasteiger partial charge in [0, 0.05) is 0 Å². The number of hydrogen-bond donors (Lipinski definition) is 0. The molecule has 19 heavy (non-hydrogen) atoms. The molecule has 0 unspecified atom stereocenters. The van der Waals surface area contributed by atoms with Gasteiger partial charge in [0.05, 0.1) is 0 Å². The van der Waals surface area contributed by atoms with E-state index < -0.39 is 0 Å². The first kappa shape index (κ1) is 17.2. The molecule has 0 radical (unpaired) electrons. The summed E-state index contributed by atoms with van der Waals surface area (Å²) < 4.78 is 0. The molecule has 94 valence electrons. The Labute approximate surface area is 126 Å². The summed E-state index contributed by atoms with van der Waals surface area (Å²) in [5.41, 5.74) is 0. The first-order chi connectivity index (χ1) is 9.00. The van der Waals surface area contributed by atoms with Crippen molar-refractivity contribution in [2.75, 3.05) is 0 Å². The van der Waals surface area contributed by atoms with Crippen molar-refractivity contribution in [2.24, 2.45) is 0 Å². The van der Waals surface area contributed by atoms with Gasteiger partial charge in [-0.1, -0.05) is 0 Å². The molecule has 0 nitrogen and oxygen atoms in total. The zero-order chi connectivity index (χ0) is 12.7. The van der Waals surface area contributed by atoms with Crippen molar-refractivity contribution in [3.63, 3.8) is 0 Å². The minimum atomic E-state index is 0. The molecule has 0 spiro atoms. The third kappa shape index (κ3) is 12.4. The van der Waals surface area contributed by atoms with Crippen LogP contribution in [0.5, 0.6) is 0 Å². The molecule has 0 aliphatic heterocycles. The van der Waals surface area contributed by atoms with Gasteiger partial charge < -0.3 is 0 Å². The van der Waals surface area contributed by atoms with Gasteiger partial charge in [-0.25, -0.2) is 0 Å². The van der Waals surface area contributed by atoms with E-state index in [2.05, 4.69) is 18.2 Å². The van der Waals surface area contributed by atoms with Crippen LogP contribution in [0.3, 0.4) is 0 Å². The molecule has 1 heteroatoms. The molecule has 0 aromatic heterocycles. The molecule has 3 rings (SSSR count). The van der Waals surface area contributed by atoms with Gasteiger partial charge in [0.1, 0.15) is 0 Å². The van der Waals surface area contributed by atoms with Crippen molar-refractivity contribution >= 4 is 0 Å². The van der Waals surface area contributed by atoms with Crippen LogP contribution in [0.2, 0.25) is 0 Å². The second kappa shape index (κ2) is 14.2. The maximum Gasteiger partial charge on any atom is 3.00 e. The van der Waals surface area contributed by atoms with Gasteiger partial charge in [0.25, 0.3) is 0 Å². The van der Waals surface area contributed by atoms with Crippen molar-refractivity contribution in [1.29, 1.82) is 0 Å². The fourth-order valence-corrected chi connectivity index (χ4v) is 1.03. The summed E-state index contributed by atoms with van der Waals surface area (Å²) in [6, 6.07) is 37.5. The first-order valence-electron chi connectivity index (χ1n) is 5.73. The Hall–Kier alpha value is -1.82. The summed E-state index contributed by atoms with van der Waals surface area (Å²) in [5.74, 6) is 0. The van der Waals surface area contributed by atoms with E-state index in [1.807, 2.05) is 91.0 Å². The van der Waals surface area contributed by atoms with Gasteiger partial charge in [0.15, 0.2) is 0 Å². The van der Waals surface area contributed by atoms with Crippen LogP contribution >= 0.6 is 0 Å². The van der Waals surface area contributed by atoms with E-state index in [4.69, 9.17) is 0 Å². The summed E-state index contributed by atoms with van der Waals surface area (Å²) in [7, 11) is 0. The fraction of sp³-hybridized carbons (Fsp3) is 0. The van der Waals surface area contributed by atoms with E-state index in [-0.39, 0.29) is 17.1 Å². The predicted octanol–water partition coefficient (Wildman–Crippen LogP) is 4.46. The Bertz CT molecular complexity index is 296. The Balaban J connectivity index is 0.000000249. The summed E-state index contributed by atoms with van der Waals surface area (Å²) in [6.07, 6.45) is 0. The van der Waals surface area contributed by atoms with Gasteiger partial charge in [0.2, 0.25) is 0 Å². The van der Waals surface area contributed by atoms with Gasteiger partial charge >= 0.3 is 17.1 Å². The summed E-state index contributed by atoms with van der Waals surface area (Å²) in [6.45, 7) is 0. The van der Waals surface area contributed by atoms with Crippen molar-refractivity contribution in [3.8, 4) is 0 Å². The van der Waals surface area contributed by atoms with Crippen LogP contribution in [0.25, 0.3) is 0 Å². The molecule has 0 aliphatic carbocycles. The number of benzene rings is 3. The van der Waals surface area contributed by atoms with E-state index in [0.717, 1.165) is 0 Å². The Kier molecular flexibility index (Phi) is 12.9. The molecule has 0 amide bonds. The smallest absolute Gasteiger partial charge is 0.184 e. The topological polar surface area (TPSA) is 0 Å². The maximum absolute atomic E-state index is 2.89. The van der Waals surface area contributed by atoms with Gasteiger partial charge in [-0.2, -0.15) is 109 Å². The average Bonchev–Trinajstić information content (AvgIpc) is 2.54. The van der Waals surface area contributed by atoms with Crippen LogP contribution in [-0.2, 0) is 17.1 Å². The molecule has 0 heterocycles. The van der Waals surface area contributed by atoms with Gasteiger partial charge in [-0.3, -0.25) is 0 Å². The van der Waals surface area contributed by atoms with E-state index in [1.165, 1.54) is 0 Å². The second-order valence-corrected chi connectivity index (χ2v) is 3.23. The van der Waals surface area contributed by atoms with Crippen molar-refractivity contribution in [3.05, 3.63) is 109 Å². The van der Waals surface area contributed by atoms with Crippen LogP contribution in [0.1, 0.15) is 0 Å². The molecule has 0 saturated carbocycles. The van der Waals surface area contributed by atoms with Gasteiger partial charge in [-0.15, -0.1) is 0 Å². The molecule has 0 fully saturated rings. The van der Waals surface area contributed by atoms with Crippen LogP contribution < -0.4 is 0 Å². The number of rotatable bonds is 0. The summed E-state index contributed by atoms with van der Waals surface area (Å²) >= 11 is 0. The SMILES string of the molecule is [Mn+3].[c-]1ccccc1.[c-]1ccccc1.[c-]1ccccc1. The summed E-state index contributed by atoms with van der Waals surface area (Å²) in [4.78, 5) is 0. The molecule has 0 bridgehead atoms. The predicted molar refractivity (Wildman–Crippen MR) is 75.8 cm³/mol. The zero-order valence-electron chi connectivity index (χ0n) is 10.5. The standard InChI is InChI=1S/3C6H5.Mn/c3*1-2-4-6-5-3-1;/h3*1-5H;/q3*-1;+3. The van der Waals surface area contributed by atoms with E-state index in [1.54, 1.807) is 0 Å². The molecular formula is C18H15Mn. The van der Waals surface area contributed by atoms with Crippen LogP contribution in [0, 0.1) is 18.2 Å². The minimum Gasteiger partial charge on any atom is -0.184 e. The second-order valence-electron chi connectivity index (χ2n) is 3.23. The Morgan fingerprint density at radius 3 is 0.579 bits per heavy atom. The Morgan fingerprint density at radius 1 is 0.316 bits per heavy atom. The molecule has 3 aromatic rings. The molecule has 0 atom stereocenters. The third-order valence-corrected chi connectivity index (χ3v) is 1.82. The quantitative estimate of drug-likeness (QED) is 0.423. The third-order valence-electron chi connectivity index (χ3n) is 1.82. The molecular weight excluding hydrogens is 271 g/mol. The normalized spacial score (nSPS) is 7.58. The zero-order valence-corrected chi connectivity index (χ0v) is 11.7. The maximum atomic E-state index is 2.89. The minimum absolute atomic E-state index is 0. The van der Waals surface area contributed by atoms with Crippen LogP contribution in [0.15, 0.2) is 91.0 Å². The molecule has 0 N–H and O–H groups in total.